The van der Waals surface area contributed by atoms with Gasteiger partial charge in [0.05, 0.1) is 11.6 Å². The molecule has 2 aromatic carbocycles. The van der Waals surface area contributed by atoms with Crippen LogP contribution in [0.2, 0.25) is 5.02 Å². The zero-order chi connectivity index (χ0) is 29.3. The third-order valence-electron chi connectivity index (χ3n) is 7.43. The Kier molecular flexibility index (Phi) is 14.4. The summed E-state index contributed by atoms with van der Waals surface area (Å²) in [7, 11) is 1.89. The van der Waals surface area contributed by atoms with Crippen LogP contribution in [-0.4, -0.2) is 23.3 Å². The standard InChI is InChI=1S/C35H46ClN2O3/c1-3-4-5-6-7-8-9-10-11-12-13-19-26-41-33-24-23-30(27-32(33)36)35(40)38(28-31-22-17-18-25-37(31)2)34(39)29-20-15-14-16-21-29/h14-18,20-25,27H,3-13,19,26,28H2,1-2H3/q+1. The van der Waals surface area contributed by atoms with E-state index in [2.05, 4.69) is 6.92 Å². The highest BCUT2D eigenvalue weighted by atomic mass is 35.5. The van der Waals surface area contributed by atoms with Crippen LogP contribution in [0.1, 0.15) is 110 Å². The van der Waals surface area contributed by atoms with Gasteiger partial charge in [-0.15, -0.1) is 0 Å². The Bertz CT molecular complexity index is 1220. The second-order valence-electron chi connectivity index (χ2n) is 10.7. The molecule has 0 aliphatic heterocycles. The minimum absolute atomic E-state index is 0.138. The summed E-state index contributed by atoms with van der Waals surface area (Å²) < 4.78 is 7.83. The summed E-state index contributed by atoms with van der Waals surface area (Å²) in [5.41, 5.74) is 1.63. The van der Waals surface area contributed by atoms with E-state index in [4.69, 9.17) is 16.3 Å². The van der Waals surface area contributed by atoms with Crippen LogP contribution in [0.4, 0.5) is 0 Å². The highest BCUT2D eigenvalue weighted by molar-refractivity contribution is 6.32. The number of amides is 2. The number of unbranched alkanes of at least 4 members (excludes halogenated alkanes) is 11. The van der Waals surface area contributed by atoms with E-state index in [9.17, 15) is 9.59 Å². The lowest BCUT2D eigenvalue weighted by Crippen LogP contribution is -2.42. The molecule has 3 aromatic rings. The van der Waals surface area contributed by atoms with Gasteiger partial charge in [-0.1, -0.05) is 113 Å². The number of aromatic nitrogens is 1. The summed E-state index contributed by atoms with van der Waals surface area (Å²) >= 11 is 6.53. The topological polar surface area (TPSA) is 50.5 Å². The van der Waals surface area contributed by atoms with Crippen molar-refractivity contribution in [2.45, 2.75) is 90.5 Å². The molecule has 0 atom stereocenters. The minimum Gasteiger partial charge on any atom is -0.492 e. The van der Waals surface area contributed by atoms with Crippen molar-refractivity contribution in [3.8, 4) is 5.75 Å². The maximum absolute atomic E-state index is 13.6. The number of hydrogen-bond donors (Lipinski definition) is 0. The first kappa shape index (κ1) is 32.3. The molecule has 2 amide bonds. The van der Waals surface area contributed by atoms with E-state index in [0.717, 1.165) is 18.5 Å². The van der Waals surface area contributed by atoms with Gasteiger partial charge in [0.25, 0.3) is 11.8 Å². The maximum Gasteiger partial charge on any atom is 0.261 e. The van der Waals surface area contributed by atoms with Gasteiger partial charge >= 0.3 is 0 Å². The Morgan fingerprint density at radius 3 is 1.93 bits per heavy atom. The average molecular weight is 578 g/mol. The monoisotopic (exact) mass is 577 g/mol. The molecule has 3 rings (SSSR count). The molecule has 0 saturated heterocycles. The van der Waals surface area contributed by atoms with Gasteiger partial charge in [-0.2, -0.15) is 0 Å². The Morgan fingerprint density at radius 2 is 1.32 bits per heavy atom. The van der Waals surface area contributed by atoms with Crippen LogP contribution in [-0.2, 0) is 13.6 Å². The van der Waals surface area contributed by atoms with Crippen molar-refractivity contribution in [1.82, 2.24) is 4.90 Å². The van der Waals surface area contributed by atoms with Crippen molar-refractivity contribution in [3.05, 3.63) is 94.8 Å². The molecule has 0 radical (unpaired) electrons. The number of nitrogens with zero attached hydrogens (tertiary/aromatic N) is 2. The van der Waals surface area contributed by atoms with Crippen LogP contribution in [0.5, 0.6) is 5.75 Å². The number of hydrogen-bond acceptors (Lipinski definition) is 3. The van der Waals surface area contributed by atoms with Crippen LogP contribution in [0.25, 0.3) is 0 Å². The highest BCUT2D eigenvalue weighted by Gasteiger charge is 2.27. The zero-order valence-corrected chi connectivity index (χ0v) is 25.6. The number of ether oxygens (including phenoxy) is 1. The van der Waals surface area contributed by atoms with Crippen LogP contribution in [0.3, 0.4) is 0 Å². The molecule has 0 N–H and O–H groups in total. The molecule has 41 heavy (non-hydrogen) atoms. The van der Waals surface area contributed by atoms with E-state index in [0.29, 0.717) is 28.5 Å². The molecule has 0 saturated carbocycles. The third-order valence-corrected chi connectivity index (χ3v) is 7.72. The van der Waals surface area contributed by atoms with Crippen molar-refractivity contribution in [2.24, 2.45) is 7.05 Å². The Balaban J connectivity index is 1.49. The van der Waals surface area contributed by atoms with E-state index in [1.165, 1.54) is 69.1 Å². The number of carbonyl (C=O) groups is 2. The molecule has 0 bridgehead atoms. The summed E-state index contributed by atoms with van der Waals surface area (Å²) in [5, 5.41) is 0.368. The lowest BCUT2D eigenvalue weighted by Gasteiger charge is -2.20. The quantitative estimate of drug-likeness (QED) is 0.0862. The van der Waals surface area contributed by atoms with Gasteiger partial charge in [0.15, 0.2) is 6.20 Å². The number of halogens is 1. The van der Waals surface area contributed by atoms with Crippen molar-refractivity contribution in [3.63, 3.8) is 0 Å². The fourth-order valence-electron chi connectivity index (χ4n) is 4.89. The summed E-state index contributed by atoms with van der Waals surface area (Å²) in [6.07, 6.45) is 17.4. The van der Waals surface area contributed by atoms with Crippen LogP contribution in [0, 0.1) is 0 Å². The Labute approximate surface area is 251 Å². The number of benzene rings is 2. The van der Waals surface area contributed by atoms with E-state index in [-0.39, 0.29) is 12.5 Å². The van der Waals surface area contributed by atoms with Crippen molar-refractivity contribution in [1.29, 1.82) is 0 Å². The van der Waals surface area contributed by atoms with Gasteiger partial charge in [0.1, 0.15) is 19.3 Å². The van der Waals surface area contributed by atoms with Gasteiger partial charge in [0.2, 0.25) is 5.69 Å². The molecule has 0 aliphatic rings. The largest absolute Gasteiger partial charge is 0.492 e. The number of aryl methyl sites for hydroxylation is 1. The van der Waals surface area contributed by atoms with E-state index in [1.54, 1.807) is 42.5 Å². The van der Waals surface area contributed by atoms with Gasteiger partial charge in [-0.25, -0.2) is 4.57 Å². The SMILES string of the molecule is CCCCCCCCCCCCCCOc1ccc(C(=O)N(Cc2cccc[n+]2C)C(=O)c2ccccc2)cc1Cl. The van der Waals surface area contributed by atoms with Crippen molar-refractivity contribution >= 4 is 23.4 Å². The van der Waals surface area contributed by atoms with Crippen LogP contribution < -0.4 is 9.30 Å². The Morgan fingerprint density at radius 1 is 0.732 bits per heavy atom. The van der Waals surface area contributed by atoms with E-state index >= 15 is 0 Å². The molecule has 0 unspecified atom stereocenters. The van der Waals surface area contributed by atoms with Crippen molar-refractivity contribution in [2.75, 3.05) is 6.61 Å². The molecule has 0 spiro atoms. The smallest absolute Gasteiger partial charge is 0.261 e. The first-order chi connectivity index (χ1) is 20.0. The van der Waals surface area contributed by atoms with Gasteiger partial charge in [0, 0.05) is 23.3 Å². The van der Waals surface area contributed by atoms with E-state index in [1.807, 2.05) is 42.1 Å². The fraction of sp³-hybridized carbons (Fsp3) is 0.457. The maximum atomic E-state index is 13.6. The fourth-order valence-corrected chi connectivity index (χ4v) is 5.12. The molecule has 1 heterocycles. The summed E-state index contributed by atoms with van der Waals surface area (Å²) in [6, 6.07) is 19.6. The first-order valence-electron chi connectivity index (χ1n) is 15.3. The molecule has 6 heteroatoms. The van der Waals surface area contributed by atoms with Gasteiger partial charge in [-0.3, -0.25) is 14.5 Å². The zero-order valence-electron chi connectivity index (χ0n) is 24.8. The molecule has 220 valence electrons. The first-order valence-corrected chi connectivity index (χ1v) is 15.7. The molecular weight excluding hydrogens is 532 g/mol. The Hall–Kier alpha value is -3.18. The number of imide groups is 1. The number of rotatable bonds is 18. The lowest BCUT2D eigenvalue weighted by molar-refractivity contribution is -0.679. The normalized spacial score (nSPS) is 10.9. The van der Waals surface area contributed by atoms with Gasteiger partial charge in [-0.05, 0) is 36.8 Å². The van der Waals surface area contributed by atoms with Crippen LogP contribution >= 0.6 is 11.6 Å². The number of carbonyl (C=O) groups excluding carboxylic acids is 2. The summed E-state index contributed by atoms with van der Waals surface area (Å²) in [4.78, 5) is 28.3. The predicted molar refractivity (Wildman–Crippen MR) is 166 cm³/mol. The predicted octanol–water partition coefficient (Wildman–Crippen LogP) is 8.73. The van der Waals surface area contributed by atoms with E-state index < -0.39 is 5.91 Å². The molecule has 0 fully saturated rings. The highest BCUT2D eigenvalue weighted by Crippen LogP contribution is 2.27. The third kappa shape index (κ3) is 11.0. The summed E-state index contributed by atoms with van der Waals surface area (Å²) in [6.45, 7) is 2.99. The minimum atomic E-state index is -0.405. The molecule has 0 aliphatic carbocycles. The second kappa shape index (κ2) is 18.3. The number of pyridine rings is 1. The lowest BCUT2D eigenvalue weighted by atomic mass is 10.1. The molecule has 5 nitrogen and oxygen atoms in total. The van der Waals surface area contributed by atoms with Gasteiger partial charge < -0.3 is 4.74 Å². The molecular formula is C35H46ClN2O3+. The summed E-state index contributed by atoms with van der Waals surface area (Å²) in [5.74, 6) is -0.207. The molecule has 1 aromatic heterocycles. The van der Waals surface area contributed by atoms with Crippen molar-refractivity contribution < 1.29 is 18.9 Å². The van der Waals surface area contributed by atoms with Crippen LogP contribution in [0.15, 0.2) is 72.9 Å². The average Bonchev–Trinajstić information content (AvgIpc) is 2.99. The second-order valence-corrected chi connectivity index (χ2v) is 11.2.